The molecule has 2 saturated carbocycles. The predicted molar refractivity (Wildman–Crippen MR) is 78.1 cm³/mol. The molecule has 0 radical (unpaired) electrons. The van der Waals surface area contributed by atoms with Gasteiger partial charge in [0.05, 0.1) is 11.7 Å². The summed E-state index contributed by atoms with van der Waals surface area (Å²) in [6.07, 6.45) is 14.3. The summed E-state index contributed by atoms with van der Waals surface area (Å²) < 4.78 is 2.23. The highest BCUT2D eigenvalue weighted by atomic mass is 79.9. The SMILES string of the molecule is BrC1CCCCC1Cc1ccn(C2CCCC2)n1. The molecule has 3 heteroatoms. The zero-order chi connectivity index (χ0) is 12.4. The Hall–Kier alpha value is -0.310. The molecule has 2 aliphatic rings. The maximum atomic E-state index is 4.82. The Labute approximate surface area is 118 Å². The number of hydrogen-bond acceptors (Lipinski definition) is 1. The first kappa shape index (κ1) is 12.7. The Kier molecular flexibility index (Phi) is 4.07. The van der Waals surface area contributed by atoms with Gasteiger partial charge in [0.25, 0.3) is 0 Å². The first-order valence-corrected chi connectivity index (χ1v) is 8.42. The monoisotopic (exact) mass is 310 g/mol. The second-order valence-electron chi connectivity index (χ2n) is 5.99. The molecule has 0 spiro atoms. The Balaban J connectivity index is 1.62. The second kappa shape index (κ2) is 5.77. The molecule has 18 heavy (non-hydrogen) atoms. The Morgan fingerprint density at radius 3 is 2.61 bits per heavy atom. The minimum Gasteiger partial charge on any atom is -0.269 e. The summed E-state index contributed by atoms with van der Waals surface area (Å²) in [5.41, 5.74) is 1.30. The van der Waals surface area contributed by atoms with Gasteiger partial charge in [-0.05, 0) is 44.1 Å². The van der Waals surface area contributed by atoms with Crippen LogP contribution in [0.2, 0.25) is 0 Å². The number of halogens is 1. The molecular weight excluding hydrogens is 288 g/mol. The average Bonchev–Trinajstić information content (AvgIpc) is 3.02. The lowest BCUT2D eigenvalue weighted by molar-refractivity contribution is 0.367. The third-order valence-electron chi connectivity index (χ3n) is 4.65. The van der Waals surface area contributed by atoms with E-state index < -0.39 is 0 Å². The average molecular weight is 311 g/mol. The van der Waals surface area contributed by atoms with Crippen molar-refractivity contribution in [2.45, 2.75) is 68.7 Å². The molecule has 1 aromatic rings. The van der Waals surface area contributed by atoms with E-state index in [4.69, 9.17) is 5.10 Å². The van der Waals surface area contributed by atoms with Crippen molar-refractivity contribution in [2.75, 3.05) is 0 Å². The lowest BCUT2D eigenvalue weighted by Crippen LogP contribution is -2.21. The Morgan fingerprint density at radius 1 is 1.11 bits per heavy atom. The fraction of sp³-hybridized carbons (Fsp3) is 0.800. The lowest BCUT2D eigenvalue weighted by atomic mass is 9.86. The van der Waals surface area contributed by atoms with E-state index in [1.54, 1.807) is 0 Å². The smallest absolute Gasteiger partial charge is 0.0627 e. The summed E-state index contributed by atoms with van der Waals surface area (Å²) in [5.74, 6) is 0.797. The van der Waals surface area contributed by atoms with E-state index in [2.05, 4.69) is 32.9 Å². The Bertz CT molecular complexity index is 382. The van der Waals surface area contributed by atoms with Crippen molar-refractivity contribution in [3.05, 3.63) is 18.0 Å². The summed E-state index contributed by atoms with van der Waals surface area (Å²) in [4.78, 5) is 0.711. The van der Waals surface area contributed by atoms with Crippen molar-refractivity contribution in [3.63, 3.8) is 0 Å². The van der Waals surface area contributed by atoms with Crippen LogP contribution < -0.4 is 0 Å². The Morgan fingerprint density at radius 2 is 1.83 bits per heavy atom. The van der Waals surface area contributed by atoms with Crippen LogP contribution in [0.25, 0.3) is 0 Å². The molecule has 0 saturated heterocycles. The number of aromatic nitrogens is 2. The van der Waals surface area contributed by atoms with Crippen LogP contribution in [0, 0.1) is 5.92 Å². The third-order valence-corrected chi connectivity index (χ3v) is 5.86. The maximum Gasteiger partial charge on any atom is 0.0627 e. The molecule has 0 aliphatic heterocycles. The molecule has 0 bridgehead atoms. The van der Waals surface area contributed by atoms with Gasteiger partial charge in [0.2, 0.25) is 0 Å². The van der Waals surface area contributed by atoms with Gasteiger partial charge in [-0.15, -0.1) is 0 Å². The van der Waals surface area contributed by atoms with E-state index in [0.29, 0.717) is 10.9 Å². The van der Waals surface area contributed by atoms with Crippen molar-refractivity contribution in [1.29, 1.82) is 0 Å². The first-order chi connectivity index (χ1) is 8.83. The number of alkyl halides is 1. The fourth-order valence-electron chi connectivity index (χ4n) is 3.52. The minimum absolute atomic E-state index is 0.685. The molecule has 1 heterocycles. The fourth-order valence-corrected chi connectivity index (χ4v) is 4.29. The molecule has 1 aromatic heterocycles. The number of rotatable bonds is 3. The zero-order valence-corrected chi connectivity index (χ0v) is 12.6. The molecule has 100 valence electrons. The summed E-state index contributed by atoms with van der Waals surface area (Å²) in [6.45, 7) is 0. The standard InChI is InChI=1S/C15H23BrN2/c16-15-8-4-1-5-12(15)11-13-9-10-18(17-13)14-6-2-3-7-14/h9-10,12,14-15H,1-8,11H2. The summed E-state index contributed by atoms with van der Waals surface area (Å²) >= 11 is 3.85. The van der Waals surface area contributed by atoms with Crippen molar-refractivity contribution in [2.24, 2.45) is 5.92 Å². The quantitative estimate of drug-likeness (QED) is 0.752. The second-order valence-corrected chi connectivity index (χ2v) is 7.17. The topological polar surface area (TPSA) is 17.8 Å². The van der Waals surface area contributed by atoms with Gasteiger partial charge in [-0.1, -0.05) is 41.6 Å². The number of nitrogens with zero attached hydrogens (tertiary/aromatic N) is 2. The third kappa shape index (κ3) is 2.81. The van der Waals surface area contributed by atoms with Gasteiger partial charge >= 0.3 is 0 Å². The van der Waals surface area contributed by atoms with Crippen molar-refractivity contribution in [3.8, 4) is 0 Å². The van der Waals surface area contributed by atoms with Gasteiger partial charge in [0.15, 0.2) is 0 Å². The molecule has 2 nitrogen and oxygen atoms in total. The van der Waals surface area contributed by atoms with Crippen molar-refractivity contribution in [1.82, 2.24) is 9.78 Å². The zero-order valence-electron chi connectivity index (χ0n) is 11.0. The molecule has 2 fully saturated rings. The predicted octanol–water partition coefficient (Wildman–Crippen LogP) is 4.49. The summed E-state index contributed by atoms with van der Waals surface area (Å²) in [7, 11) is 0. The molecule has 0 aromatic carbocycles. The van der Waals surface area contributed by atoms with Gasteiger partial charge in [0, 0.05) is 11.0 Å². The molecule has 0 N–H and O–H groups in total. The van der Waals surface area contributed by atoms with Crippen LogP contribution in [-0.2, 0) is 6.42 Å². The van der Waals surface area contributed by atoms with Crippen molar-refractivity contribution < 1.29 is 0 Å². The molecule has 2 atom stereocenters. The minimum atomic E-state index is 0.685. The normalized spacial score (nSPS) is 29.8. The maximum absolute atomic E-state index is 4.82. The first-order valence-electron chi connectivity index (χ1n) is 7.51. The van der Waals surface area contributed by atoms with E-state index in [-0.39, 0.29) is 0 Å². The highest BCUT2D eigenvalue weighted by Crippen LogP contribution is 2.33. The molecule has 2 aliphatic carbocycles. The largest absolute Gasteiger partial charge is 0.269 e. The van der Waals surface area contributed by atoms with Crippen LogP contribution in [0.5, 0.6) is 0 Å². The summed E-state index contributed by atoms with van der Waals surface area (Å²) in [5, 5.41) is 4.82. The number of hydrogen-bond donors (Lipinski definition) is 0. The molecule has 3 rings (SSSR count). The van der Waals surface area contributed by atoms with Gasteiger partial charge in [-0.25, -0.2) is 0 Å². The van der Waals surface area contributed by atoms with E-state index in [0.717, 1.165) is 12.3 Å². The summed E-state index contributed by atoms with van der Waals surface area (Å²) in [6, 6.07) is 2.93. The van der Waals surface area contributed by atoms with Crippen molar-refractivity contribution >= 4 is 15.9 Å². The van der Waals surface area contributed by atoms with Crippen LogP contribution in [0.15, 0.2) is 12.3 Å². The van der Waals surface area contributed by atoms with Crippen LogP contribution in [0.3, 0.4) is 0 Å². The van der Waals surface area contributed by atoms with Crippen LogP contribution >= 0.6 is 15.9 Å². The van der Waals surface area contributed by atoms with Gasteiger partial charge in [-0.3, -0.25) is 4.68 Å². The highest BCUT2D eigenvalue weighted by Gasteiger charge is 2.24. The van der Waals surface area contributed by atoms with E-state index in [1.807, 2.05) is 0 Å². The van der Waals surface area contributed by atoms with Gasteiger partial charge in [0.1, 0.15) is 0 Å². The van der Waals surface area contributed by atoms with Gasteiger partial charge < -0.3 is 0 Å². The highest BCUT2D eigenvalue weighted by molar-refractivity contribution is 9.09. The molecular formula is C15H23BrN2. The van der Waals surface area contributed by atoms with Crippen LogP contribution in [-0.4, -0.2) is 14.6 Å². The lowest BCUT2D eigenvalue weighted by Gasteiger charge is -2.26. The molecule has 0 amide bonds. The van der Waals surface area contributed by atoms with E-state index >= 15 is 0 Å². The molecule has 2 unspecified atom stereocenters. The van der Waals surface area contributed by atoms with Crippen LogP contribution in [0.4, 0.5) is 0 Å². The van der Waals surface area contributed by atoms with Crippen LogP contribution in [0.1, 0.15) is 63.1 Å². The van der Waals surface area contributed by atoms with E-state index in [9.17, 15) is 0 Å². The van der Waals surface area contributed by atoms with Gasteiger partial charge in [-0.2, -0.15) is 5.10 Å². The van der Waals surface area contributed by atoms with E-state index in [1.165, 1.54) is 57.1 Å².